The van der Waals surface area contributed by atoms with Crippen LogP contribution in [-0.2, 0) is 6.54 Å². The molecule has 2 N–H and O–H groups in total. The van der Waals surface area contributed by atoms with Crippen molar-refractivity contribution < 1.29 is 9.84 Å². The molecule has 0 saturated heterocycles. The Balaban J connectivity index is 0.00000256. The number of aliphatic hydroxyl groups is 1. The SMILES string of the molecule is C#CCOc1ccc(CNCCCO)cc1.Cl. The van der Waals surface area contributed by atoms with E-state index in [1.165, 1.54) is 5.56 Å². The summed E-state index contributed by atoms with van der Waals surface area (Å²) in [6.45, 7) is 2.15. The summed E-state index contributed by atoms with van der Waals surface area (Å²) in [6, 6.07) is 7.80. The molecule has 0 spiro atoms. The number of halogens is 1. The minimum absolute atomic E-state index is 0. The molecule has 0 radical (unpaired) electrons. The lowest BCUT2D eigenvalue weighted by Crippen LogP contribution is -2.15. The highest BCUT2D eigenvalue weighted by Gasteiger charge is 1.94. The molecule has 0 amide bonds. The largest absolute Gasteiger partial charge is 0.481 e. The van der Waals surface area contributed by atoms with Crippen LogP contribution in [0.5, 0.6) is 5.75 Å². The first-order chi connectivity index (χ1) is 7.86. The smallest absolute Gasteiger partial charge is 0.148 e. The van der Waals surface area contributed by atoms with Crippen LogP contribution < -0.4 is 10.1 Å². The van der Waals surface area contributed by atoms with E-state index in [1.54, 1.807) is 0 Å². The van der Waals surface area contributed by atoms with Crippen LogP contribution in [0.15, 0.2) is 24.3 Å². The molecule has 94 valence electrons. The van der Waals surface area contributed by atoms with Gasteiger partial charge in [-0.1, -0.05) is 18.1 Å². The fourth-order valence-corrected chi connectivity index (χ4v) is 1.27. The van der Waals surface area contributed by atoms with Crippen LogP contribution in [-0.4, -0.2) is 24.9 Å². The van der Waals surface area contributed by atoms with Crippen molar-refractivity contribution in [1.29, 1.82) is 0 Å². The fraction of sp³-hybridized carbons (Fsp3) is 0.385. The molecule has 0 heterocycles. The predicted octanol–water partition coefficient (Wildman–Crippen LogP) is 1.59. The van der Waals surface area contributed by atoms with Gasteiger partial charge in [-0.25, -0.2) is 0 Å². The molecule has 1 rings (SSSR count). The second-order valence-corrected chi connectivity index (χ2v) is 3.39. The summed E-state index contributed by atoms with van der Waals surface area (Å²) in [4.78, 5) is 0. The quantitative estimate of drug-likeness (QED) is 0.574. The van der Waals surface area contributed by atoms with Gasteiger partial charge < -0.3 is 15.2 Å². The van der Waals surface area contributed by atoms with Gasteiger partial charge in [0.2, 0.25) is 0 Å². The maximum absolute atomic E-state index is 8.61. The molecule has 17 heavy (non-hydrogen) atoms. The predicted molar refractivity (Wildman–Crippen MR) is 71.4 cm³/mol. The highest BCUT2D eigenvalue weighted by atomic mass is 35.5. The molecule has 1 aromatic rings. The van der Waals surface area contributed by atoms with Gasteiger partial charge in [0, 0.05) is 13.2 Å². The minimum atomic E-state index is 0. The molecule has 0 saturated carbocycles. The number of hydrogen-bond acceptors (Lipinski definition) is 3. The number of terminal acetylenes is 1. The standard InChI is InChI=1S/C13H17NO2.ClH/c1-2-10-16-13-6-4-12(5-7-13)11-14-8-3-9-15;/h1,4-7,14-15H,3,8-11H2;1H. The lowest BCUT2D eigenvalue weighted by atomic mass is 10.2. The summed E-state index contributed by atoms with van der Waals surface area (Å²) in [5, 5.41) is 11.8. The number of aliphatic hydroxyl groups excluding tert-OH is 1. The molecule has 0 aliphatic carbocycles. The van der Waals surface area contributed by atoms with E-state index < -0.39 is 0 Å². The van der Waals surface area contributed by atoms with Crippen molar-refractivity contribution in [2.45, 2.75) is 13.0 Å². The number of nitrogens with one attached hydrogen (secondary N) is 1. The number of ether oxygens (including phenoxy) is 1. The Labute approximate surface area is 109 Å². The number of hydrogen-bond donors (Lipinski definition) is 2. The third kappa shape index (κ3) is 6.85. The highest BCUT2D eigenvalue weighted by Crippen LogP contribution is 2.11. The van der Waals surface area contributed by atoms with Crippen LogP contribution in [0.25, 0.3) is 0 Å². The maximum atomic E-state index is 8.61. The molecule has 0 fully saturated rings. The summed E-state index contributed by atoms with van der Waals surface area (Å²) in [5.41, 5.74) is 1.19. The summed E-state index contributed by atoms with van der Waals surface area (Å²) >= 11 is 0. The van der Waals surface area contributed by atoms with Crippen molar-refractivity contribution >= 4 is 12.4 Å². The average molecular weight is 256 g/mol. The Hall–Kier alpha value is -1.21. The topological polar surface area (TPSA) is 41.5 Å². The van der Waals surface area contributed by atoms with Gasteiger partial charge in [-0.3, -0.25) is 0 Å². The van der Waals surface area contributed by atoms with Crippen LogP contribution in [0.3, 0.4) is 0 Å². The van der Waals surface area contributed by atoms with Gasteiger partial charge in [-0.15, -0.1) is 18.8 Å². The first-order valence-corrected chi connectivity index (χ1v) is 5.33. The van der Waals surface area contributed by atoms with Gasteiger partial charge in [0.1, 0.15) is 12.4 Å². The lowest BCUT2D eigenvalue weighted by molar-refractivity contribution is 0.286. The summed E-state index contributed by atoms with van der Waals surface area (Å²) in [5.74, 6) is 3.21. The zero-order valence-electron chi connectivity index (χ0n) is 9.69. The van der Waals surface area contributed by atoms with Crippen LogP contribution in [0.2, 0.25) is 0 Å². The van der Waals surface area contributed by atoms with E-state index >= 15 is 0 Å². The van der Waals surface area contributed by atoms with E-state index in [1.807, 2.05) is 24.3 Å². The van der Waals surface area contributed by atoms with Crippen molar-refractivity contribution in [2.24, 2.45) is 0 Å². The monoisotopic (exact) mass is 255 g/mol. The Morgan fingerprint density at radius 1 is 1.29 bits per heavy atom. The Morgan fingerprint density at radius 3 is 2.59 bits per heavy atom. The number of benzene rings is 1. The Kier molecular flexibility index (Phi) is 9.27. The van der Waals surface area contributed by atoms with E-state index in [-0.39, 0.29) is 19.0 Å². The van der Waals surface area contributed by atoms with Gasteiger partial charge in [0.15, 0.2) is 0 Å². The van der Waals surface area contributed by atoms with E-state index in [4.69, 9.17) is 16.3 Å². The van der Waals surface area contributed by atoms with Crippen LogP contribution in [0.4, 0.5) is 0 Å². The summed E-state index contributed by atoms with van der Waals surface area (Å²) < 4.78 is 5.26. The third-order valence-electron chi connectivity index (χ3n) is 2.09. The Bertz CT molecular complexity index is 332. The van der Waals surface area contributed by atoms with Crippen molar-refractivity contribution in [3.8, 4) is 18.1 Å². The van der Waals surface area contributed by atoms with Gasteiger partial charge in [0.25, 0.3) is 0 Å². The van der Waals surface area contributed by atoms with Gasteiger partial charge in [0.05, 0.1) is 0 Å². The first kappa shape index (κ1) is 15.8. The lowest BCUT2D eigenvalue weighted by Gasteiger charge is -2.05. The van der Waals surface area contributed by atoms with Crippen LogP contribution >= 0.6 is 12.4 Å². The maximum Gasteiger partial charge on any atom is 0.148 e. The molecule has 0 unspecified atom stereocenters. The van der Waals surface area contributed by atoms with E-state index in [0.717, 1.165) is 25.3 Å². The third-order valence-corrected chi connectivity index (χ3v) is 2.09. The van der Waals surface area contributed by atoms with Crippen LogP contribution in [0.1, 0.15) is 12.0 Å². The van der Waals surface area contributed by atoms with Crippen molar-refractivity contribution in [1.82, 2.24) is 5.32 Å². The average Bonchev–Trinajstić information content (AvgIpc) is 2.33. The highest BCUT2D eigenvalue weighted by molar-refractivity contribution is 5.85. The van der Waals surface area contributed by atoms with Crippen molar-refractivity contribution in [3.05, 3.63) is 29.8 Å². The second-order valence-electron chi connectivity index (χ2n) is 3.39. The second kappa shape index (κ2) is 9.98. The van der Waals surface area contributed by atoms with E-state index in [2.05, 4.69) is 11.2 Å². The zero-order valence-corrected chi connectivity index (χ0v) is 10.5. The van der Waals surface area contributed by atoms with Gasteiger partial charge in [-0.2, -0.15) is 0 Å². The zero-order chi connectivity index (χ0) is 11.6. The van der Waals surface area contributed by atoms with Gasteiger partial charge >= 0.3 is 0 Å². The minimum Gasteiger partial charge on any atom is -0.481 e. The van der Waals surface area contributed by atoms with Crippen molar-refractivity contribution in [2.75, 3.05) is 19.8 Å². The van der Waals surface area contributed by atoms with Gasteiger partial charge in [-0.05, 0) is 30.7 Å². The number of rotatable bonds is 7. The summed E-state index contributed by atoms with van der Waals surface area (Å²) in [6.07, 6.45) is 5.88. The Morgan fingerprint density at radius 2 is 2.00 bits per heavy atom. The molecule has 0 aliphatic heterocycles. The molecule has 0 aliphatic rings. The molecule has 0 bridgehead atoms. The molecule has 0 aromatic heterocycles. The van der Waals surface area contributed by atoms with Crippen LogP contribution in [0, 0.1) is 12.3 Å². The molecular weight excluding hydrogens is 238 g/mol. The molecule has 3 nitrogen and oxygen atoms in total. The molecule has 0 atom stereocenters. The molecular formula is C13H18ClNO2. The molecule has 1 aromatic carbocycles. The normalized spacial score (nSPS) is 9.18. The summed E-state index contributed by atoms with van der Waals surface area (Å²) in [7, 11) is 0. The fourth-order valence-electron chi connectivity index (χ4n) is 1.27. The van der Waals surface area contributed by atoms with E-state index in [9.17, 15) is 0 Å². The molecule has 4 heteroatoms. The van der Waals surface area contributed by atoms with E-state index in [0.29, 0.717) is 6.61 Å². The first-order valence-electron chi connectivity index (χ1n) is 5.33. The van der Waals surface area contributed by atoms with Crippen molar-refractivity contribution in [3.63, 3.8) is 0 Å².